The van der Waals surface area contributed by atoms with Crippen molar-refractivity contribution in [3.05, 3.63) is 35.9 Å². The highest BCUT2D eigenvalue weighted by Crippen LogP contribution is 2.16. The van der Waals surface area contributed by atoms with Gasteiger partial charge in [0.2, 0.25) is 11.8 Å². The van der Waals surface area contributed by atoms with Crippen molar-refractivity contribution in [2.45, 2.75) is 26.4 Å². The van der Waals surface area contributed by atoms with Crippen LogP contribution in [0.1, 0.15) is 25.3 Å². The molecule has 22 heavy (non-hydrogen) atoms. The molecule has 1 heterocycles. The predicted octanol–water partition coefficient (Wildman–Crippen LogP) is 1.58. The van der Waals surface area contributed by atoms with Crippen LogP contribution in [-0.2, 0) is 20.9 Å². The van der Waals surface area contributed by atoms with Crippen molar-refractivity contribution in [1.29, 1.82) is 0 Å². The van der Waals surface area contributed by atoms with Crippen LogP contribution in [-0.4, -0.2) is 43.0 Å². The molecule has 2 rings (SSSR count). The van der Waals surface area contributed by atoms with Crippen LogP contribution in [0.4, 0.5) is 0 Å². The van der Waals surface area contributed by atoms with E-state index < -0.39 is 0 Å². The van der Waals surface area contributed by atoms with E-state index in [0.29, 0.717) is 26.3 Å². The van der Waals surface area contributed by atoms with Crippen LogP contribution in [0.5, 0.6) is 0 Å². The lowest BCUT2D eigenvalue weighted by atomic mass is 9.97. The Kier molecular flexibility index (Phi) is 6.40. The van der Waals surface area contributed by atoms with Crippen molar-refractivity contribution < 1.29 is 14.3 Å². The summed E-state index contributed by atoms with van der Waals surface area (Å²) in [6, 6.07) is 9.95. The summed E-state index contributed by atoms with van der Waals surface area (Å²) >= 11 is 0. The fourth-order valence-electron chi connectivity index (χ4n) is 2.63. The Bertz CT molecular complexity index is 490. The molecule has 1 aliphatic rings. The van der Waals surface area contributed by atoms with Gasteiger partial charge in [-0.2, -0.15) is 0 Å². The number of hydrogen-bond donors (Lipinski definition) is 1. The summed E-state index contributed by atoms with van der Waals surface area (Å²) in [5, 5.41) is 2.90. The minimum absolute atomic E-state index is 0.0225. The molecule has 0 aliphatic carbocycles. The van der Waals surface area contributed by atoms with Crippen LogP contribution >= 0.6 is 0 Å². The summed E-state index contributed by atoms with van der Waals surface area (Å²) in [5.41, 5.74) is 1.12. The van der Waals surface area contributed by atoms with Gasteiger partial charge < -0.3 is 15.0 Å². The normalized spacial score (nSPS) is 18.0. The molecule has 1 saturated heterocycles. The molecule has 2 amide bonds. The molecule has 0 unspecified atom stereocenters. The van der Waals surface area contributed by atoms with Crippen LogP contribution < -0.4 is 5.32 Å². The molecule has 0 aromatic heterocycles. The Hall–Kier alpha value is -1.88. The monoisotopic (exact) mass is 304 g/mol. The van der Waals surface area contributed by atoms with E-state index in [4.69, 9.17) is 4.74 Å². The predicted molar refractivity (Wildman–Crippen MR) is 84.1 cm³/mol. The van der Waals surface area contributed by atoms with Gasteiger partial charge in [-0.15, -0.1) is 0 Å². The van der Waals surface area contributed by atoms with Gasteiger partial charge in [0.15, 0.2) is 0 Å². The summed E-state index contributed by atoms with van der Waals surface area (Å²) in [4.78, 5) is 25.2. The maximum absolute atomic E-state index is 12.1. The highest BCUT2D eigenvalue weighted by Gasteiger charge is 2.26. The van der Waals surface area contributed by atoms with E-state index in [0.717, 1.165) is 24.9 Å². The number of benzene rings is 1. The average molecular weight is 304 g/mol. The molecule has 1 N–H and O–H groups in total. The number of hydrogen-bond acceptors (Lipinski definition) is 3. The second kappa shape index (κ2) is 8.54. The van der Waals surface area contributed by atoms with Crippen molar-refractivity contribution in [3.8, 4) is 0 Å². The van der Waals surface area contributed by atoms with Crippen LogP contribution in [0, 0.1) is 5.92 Å². The Morgan fingerprint density at radius 1 is 1.32 bits per heavy atom. The van der Waals surface area contributed by atoms with E-state index in [1.165, 1.54) is 0 Å². The molecular formula is C17H24N2O3. The van der Waals surface area contributed by atoms with E-state index in [-0.39, 0.29) is 17.7 Å². The first-order valence-electron chi connectivity index (χ1n) is 7.81. The first-order chi connectivity index (χ1) is 10.7. The molecule has 1 aromatic carbocycles. The molecule has 1 aliphatic heterocycles. The second-order valence-corrected chi connectivity index (χ2v) is 5.63. The van der Waals surface area contributed by atoms with Crippen LogP contribution in [0.3, 0.4) is 0 Å². The van der Waals surface area contributed by atoms with Crippen LogP contribution in [0.15, 0.2) is 30.3 Å². The Labute approximate surface area is 131 Å². The third-order valence-electron chi connectivity index (χ3n) is 3.89. The SMILES string of the molecule is CC(=O)N1CCC[C@H](C(=O)NCCOCc2ccccc2)C1. The van der Waals surface area contributed by atoms with Crippen molar-refractivity contribution in [2.24, 2.45) is 5.92 Å². The molecule has 1 atom stereocenters. The van der Waals surface area contributed by atoms with Gasteiger partial charge in [-0.1, -0.05) is 30.3 Å². The third-order valence-corrected chi connectivity index (χ3v) is 3.89. The van der Waals surface area contributed by atoms with E-state index >= 15 is 0 Å². The summed E-state index contributed by atoms with van der Waals surface area (Å²) in [5.74, 6) is -0.0234. The van der Waals surface area contributed by atoms with Gasteiger partial charge in [0.1, 0.15) is 0 Å². The first-order valence-corrected chi connectivity index (χ1v) is 7.81. The molecular weight excluding hydrogens is 280 g/mol. The van der Waals surface area contributed by atoms with Gasteiger partial charge in [0, 0.05) is 26.6 Å². The smallest absolute Gasteiger partial charge is 0.224 e. The number of nitrogens with one attached hydrogen (secondary N) is 1. The van der Waals surface area contributed by atoms with Crippen molar-refractivity contribution in [3.63, 3.8) is 0 Å². The maximum Gasteiger partial charge on any atom is 0.224 e. The second-order valence-electron chi connectivity index (χ2n) is 5.63. The van der Waals surface area contributed by atoms with Crippen molar-refractivity contribution in [2.75, 3.05) is 26.2 Å². The minimum atomic E-state index is -0.0910. The molecule has 0 saturated carbocycles. The van der Waals surface area contributed by atoms with Crippen molar-refractivity contribution >= 4 is 11.8 Å². The standard InChI is InChI=1S/C17H24N2O3/c1-14(20)19-10-5-8-16(12-19)17(21)18-9-11-22-13-15-6-3-2-4-7-15/h2-4,6-7,16H,5,8-13H2,1H3,(H,18,21)/t16-/m0/s1. The molecule has 0 radical (unpaired) electrons. The van der Waals surface area contributed by atoms with Crippen molar-refractivity contribution in [1.82, 2.24) is 10.2 Å². The molecule has 120 valence electrons. The zero-order valence-corrected chi connectivity index (χ0v) is 13.1. The largest absolute Gasteiger partial charge is 0.375 e. The minimum Gasteiger partial charge on any atom is -0.375 e. The molecule has 0 spiro atoms. The lowest BCUT2D eigenvalue weighted by molar-refractivity contribution is -0.134. The van der Waals surface area contributed by atoms with Gasteiger partial charge in [0.05, 0.1) is 19.1 Å². The number of carbonyl (C=O) groups excluding carboxylic acids is 2. The maximum atomic E-state index is 12.1. The van der Waals surface area contributed by atoms with Crippen LogP contribution in [0.25, 0.3) is 0 Å². The lowest BCUT2D eigenvalue weighted by Gasteiger charge is -2.31. The number of rotatable bonds is 6. The molecule has 5 nitrogen and oxygen atoms in total. The van der Waals surface area contributed by atoms with E-state index in [1.54, 1.807) is 11.8 Å². The highest BCUT2D eigenvalue weighted by atomic mass is 16.5. The summed E-state index contributed by atoms with van der Waals surface area (Å²) in [6.07, 6.45) is 1.74. The van der Waals surface area contributed by atoms with Crippen LogP contribution in [0.2, 0.25) is 0 Å². The lowest BCUT2D eigenvalue weighted by Crippen LogP contribution is -2.45. The third kappa shape index (κ3) is 5.15. The van der Waals surface area contributed by atoms with Gasteiger partial charge in [-0.3, -0.25) is 9.59 Å². The van der Waals surface area contributed by atoms with E-state index in [2.05, 4.69) is 5.32 Å². The summed E-state index contributed by atoms with van der Waals surface area (Å²) in [7, 11) is 0. The van der Waals surface area contributed by atoms with Gasteiger partial charge in [0.25, 0.3) is 0 Å². The molecule has 0 bridgehead atoms. The number of nitrogens with zero attached hydrogens (tertiary/aromatic N) is 1. The summed E-state index contributed by atoms with van der Waals surface area (Å²) in [6.45, 7) is 4.40. The van der Waals surface area contributed by atoms with E-state index in [9.17, 15) is 9.59 Å². The first kappa shape index (κ1) is 16.5. The Balaban J connectivity index is 1.62. The number of amides is 2. The number of carbonyl (C=O) groups is 2. The molecule has 5 heteroatoms. The number of ether oxygens (including phenoxy) is 1. The number of piperidine rings is 1. The quantitative estimate of drug-likeness (QED) is 0.812. The Morgan fingerprint density at radius 3 is 2.82 bits per heavy atom. The Morgan fingerprint density at radius 2 is 2.09 bits per heavy atom. The van der Waals surface area contributed by atoms with E-state index in [1.807, 2.05) is 30.3 Å². The molecule has 1 aromatic rings. The van der Waals surface area contributed by atoms with Gasteiger partial charge in [-0.05, 0) is 18.4 Å². The topological polar surface area (TPSA) is 58.6 Å². The fourth-order valence-corrected chi connectivity index (χ4v) is 2.63. The van der Waals surface area contributed by atoms with Gasteiger partial charge >= 0.3 is 0 Å². The summed E-state index contributed by atoms with van der Waals surface area (Å²) < 4.78 is 5.54. The fraction of sp³-hybridized carbons (Fsp3) is 0.529. The zero-order valence-electron chi connectivity index (χ0n) is 13.1. The zero-order chi connectivity index (χ0) is 15.8. The number of likely N-dealkylation sites (tertiary alicyclic amines) is 1. The average Bonchev–Trinajstić information content (AvgIpc) is 2.55. The van der Waals surface area contributed by atoms with Gasteiger partial charge in [-0.25, -0.2) is 0 Å². The highest BCUT2D eigenvalue weighted by molar-refractivity contribution is 5.80. The molecule has 1 fully saturated rings.